The third-order valence-corrected chi connectivity index (χ3v) is 4.46. The number of hydrogen-bond donors (Lipinski definition) is 0. The van der Waals surface area contributed by atoms with Gasteiger partial charge in [0.15, 0.2) is 0 Å². The van der Waals surface area contributed by atoms with Crippen molar-refractivity contribution in [2.45, 2.75) is 25.9 Å². The maximum Gasteiger partial charge on any atom is 0.338 e. The molecule has 5 heteroatoms. The molecular weight excluding hydrogens is 323 g/mol. The molecule has 0 bridgehead atoms. The Labute approximate surface area is 142 Å². The van der Waals surface area contributed by atoms with E-state index >= 15 is 0 Å². The molecule has 3 aromatic rings. The summed E-state index contributed by atoms with van der Waals surface area (Å²) in [7, 11) is 0. The molecule has 1 heterocycles. The summed E-state index contributed by atoms with van der Waals surface area (Å²) in [4.78, 5) is 23.9. The lowest BCUT2D eigenvalue weighted by atomic mass is 10.0. The number of benzene rings is 2. The molecule has 1 aliphatic rings. The van der Waals surface area contributed by atoms with Crippen LogP contribution in [0.2, 0.25) is 0 Å². The van der Waals surface area contributed by atoms with Crippen LogP contribution in [0.3, 0.4) is 0 Å². The average molecular weight is 338 g/mol. The Morgan fingerprint density at radius 1 is 1.12 bits per heavy atom. The van der Waals surface area contributed by atoms with Crippen molar-refractivity contribution < 1.29 is 18.3 Å². The highest BCUT2D eigenvalue weighted by Gasteiger charge is 2.16. The minimum absolute atomic E-state index is 0.0732. The molecule has 0 aliphatic heterocycles. The van der Waals surface area contributed by atoms with Gasteiger partial charge in [-0.15, -0.1) is 0 Å². The van der Waals surface area contributed by atoms with Crippen LogP contribution in [0.1, 0.15) is 33.5 Å². The highest BCUT2D eigenvalue weighted by molar-refractivity contribution is 5.89. The molecule has 2 aromatic carbocycles. The second kappa shape index (κ2) is 6.16. The molecule has 0 spiro atoms. The van der Waals surface area contributed by atoms with Gasteiger partial charge in [0.25, 0.3) is 0 Å². The second-order valence-electron chi connectivity index (χ2n) is 6.15. The molecule has 126 valence electrons. The quantitative estimate of drug-likeness (QED) is 0.539. The van der Waals surface area contributed by atoms with Crippen LogP contribution in [0.15, 0.2) is 51.7 Å². The molecule has 0 saturated heterocycles. The Hall–Kier alpha value is -2.95. The van der Waals surface area contributed by atoms with Crippen molar-refractivity contribution >= 4 is 16.9 Å². The molecule has 1 aliphatic carbocycles. The number of carbonyl (C=O) groups is 1. The molecule has 1 aromatic heterocycles. The number of rotatable bonds is 3. The van der Waals surface area contributed by atoms with E-state index in [0.717, 1.165) is 30.7 Å². The highest BCUT2D eigenvalue weighted by atomic mass is 19.1. The fourth-order valence-corrected chi connectivity index (χ4v) is 3.26. The summed E-state index contributed by atoms with van der Waals surface area (Å²) in [6.07, 6.45) is 3.06. The van der Waals surface area contributed by atoms with Crippen molar-refractivity contribution in [1.29, 1.82) is 0 Å². The van der Waals surface area contributed by atoms with Crippen LogP contribution in [0.4, 0.5) is 4.39 Å². The number of esters is 1. The lowest BCUT2D eigenvalue weighted by molar-refractivity contribution is 0.0473. The monoisotopic (exact) mass is 338 g/mol. The van der Waals surface area contributed by atoms with E-state index in [1.807, 2.05) is 12.1 Å². The smallest absolute Gasteiger partial charge is 0.338 e. The highest BCUT2D eigenvalue weighted by Crippen LogP contribution is 2.28. The van der Waals surface area contributed by atoms with Gasteiger partial charge >= 0.3 is 11.6 Å². The van der Waals surface area contributed by atoms with Gasteiger partial charge in [-0.25, -0.2) is 14.0 Å². The van der Waals surface area contributed by atoms with E-state index in [9.17, 15) is 14.0 Å². The minimum Gasteiger partial charge on any atom is -0.457 e. The van der Waals surface area contributed by atoms with Crippen LogP contribution in [-0.4, -0.2) is 5.97 Å². The molecule has 0 N–H and O–H groups in total. The first-order chi connectivity index (χ1) is 12.1. The molecule has 4 nitrogen and oxygen atoms in total. The zero-order valence-electron chi connectivity index (χ0n) is 13.4. The van der Waals surface area contributed by atoms with Crippen LogP contribution in [0, 0.1) is 5.82 Å². The van der Waals surface area contributed by atoms with E-state index in [1.165, 1.54) is 35.4 Å². The van der Waals surface area contributed by atoms with E-state index in [-0.39, 0.29) is 12.2 Å². The number of halogens is 1. The summed E-state index contributed by atoms with van der Waals surface area (Å²) >= 11 is 0. The van der Waals surface area contributed by atoms with Gasteiger partial charge in [0.1, 0.15) is 18.0 Å². The Balaban J connectivity index is 1.65. The topological polar surface area (TPSA) is 56.5 Å². The standard InChI is InChI=1S/C20H15FO4/c21-16-6-2-5-14(7-16)20(23)24-11-15-10-19(22)25-18-9-13-4-1-3-12(13)8-17(15)18/h2,5-10H,1,3-4,11H2. The Morgan fingerprint density at radius 3 is 2.72 bits per heavy atom. The van der Waals surface area contributed by atoms with Crippen molar-refractivity contribution in [3.05, 3.63) is 81.0 Å². The minimum atomic E-state index is -0.637. The summed E-state index contributed by atoms with van der Waals surface area (Å²) in [6.45, 7) is -0.0732. The molecule has 0 atom stereocenters. The fourth-order valence-electron chi connectivity index (χ4n) is 3.26. The third kappa shape index (κ3) is 3.05. The first-order valence-electron chi connectivity index (χ1n) is 8.11. The Bertz CT molecular complexity index is 1040. The molecule has 0 amide bonds. The Kier molecular flexibility index (Phi) is 3.84. The number of ether oxygens (including phenoxy) is 1. The number of carbonyl (C=O) groups excluding carboxylic acids is 1. The molecule has 0 fully saturated rings. The maximum atomic E-state index is 13.2. The van der Waals surface area contributed by atoms with E-state index in [4.69, 9.17) is 9.15 Å². The van der Waals surface area contributed by atoms with Gasteiger partial charge in [0.2, 0.25) is 0 Å². The van der Waals surface area contributed by atoms with E-state index < -0.39 is 17.4 Å². The SMILES string of the molecule is O=C(OCc1cc(=O)oc2cc3c(cc12)CCC3)c1cccc(F)c1. The fraction of sp³-hybridized carbons (Fsp3) is 0.200. The van der Waals surface area contributed by atoms with Crippen LogP contribution < -0.4 is 5.63 Å². The number of hydrogen-bond acceptors (Lipinski definition) is 4. The first kappa shape index (κ1) is 15.6. The summed E-state index contributed by atoms with van der Waals surface area (Å²) in [5.74, 6) is -1.14. The van der Waals surface area contributed by atoms with Crippen molar-refractivity contribution in [3.8, 4) is 0 Å². The van der Waals surface area contributed by atoms with Gasteiger partial charge in [-0.3, -0.25) is 0 Å². The maximum absolute atomic E-state index is 13.2. The van der Waals surface area contributed by atoms with Crippen molar-refractivity contribution in [1.82, 2.24) is 0 Å². The summed E-state index contributed by atoms with van der Waals surface area (Å²) in [5.41, 5.74) is 3.18. The van der Waals surface area contributed by atoms with Gasteiger partial charge in [0.05, 0.1) is 5.56 Å². The van der Waals surface area contributed by atoms with E-state index in [0.29, 0.717) is 11.1 Å². The molecule has 0 unspecified atom stereocenters. The molecular formula is C20H15FO4. The predicted molar refractivity (Wildman–Crippen MR) is 90.0 cm³/mol. The zero-order valence-corrected chi connectivity index (χ0v) is 13.4. The van der Waals surface area contributed by atoms with Crippen LogP contribution in [-0.2, 0) is 24.2 Å². The lowest BCUT2D eigenvalue weighted by Gasteiger charge is -2.09. The number of aryl methyl sites for hydroxylation is 2. The Morgan fingerprint density at radius 2 is 1.92 bits per heavy atom. The van der Waals surface area contributed by atoms with Gasteiger partial charge in [-0.1, -0.05) is 6.07 Å². The predicted octanol–water partition coefficient (Wildman–Crippen LogP) is 3.78. The van der Waals surface area contributed by atoms with Gasteiger partial charge in [0, 0.05) is 17.0 Å². The molecule has 25 heavy (non-hydrogen) atoms. The third-order valence-electron chi connectivity index (χ3n) is 4.46. The van der Waals surface area contributed by atoms with Crippen LogP contribution >= 0.6 is 0 Å². The van der Waals surface area contributed by atoms with Crippen molar-refractivity contribution in [2.24, 2.45) is 0 Å². The van der Waals surface area contributed by atoms with Gasteiger partial charge < -0.3 is 9.15 Å². The molecule has 0 saturated carbocycles. The molecule has 0 radical (unpaired) electrons. The summed E-state index contributed by atoms with van der Waals surface area (Å²) < 4.78 is 23.8. The normalized spacial score (nSPS) is 13.0. The van der Waals surface area contributed by atoms with Crippen molar-refractivity contribution in [3.63, 3.8) is 0 Å². The summed E-state index contributed by atoms with van der Waals surface area (Å²) in [6, 6.07) is 10.5. The van der Waals surface area contributed by atoms with Crippen LogP contribution in [0.5, 0.6) is 0 Å². The largest absolute Gasteiger partial charge is 0.457 e. The van der Waals surface area contributed by atoms with E-state index in [1.54, 1.807) is 0 Å². The summed E-state index contributed by atoms with van der Waals surface area (Å²) in [5, 5.41) is 0.771. The van der Waals surface area contributed by atoms with Crippen LogP contribution in [0.25, 0.3) is 11.0 Å². The lowest BCUT2D eigenvalue weighted by Crippen LogP contribution is -2.08. The van der Waals surface area contributed by atoms with Gasteiger partial charge in [-0.2, -0.15) is 0 Å². The first-order valence-corrected chi connectivity index (χ1v) is 8.11. The van der Waals surface area contributed by atoms with Gasteiger partial charge in [-0.05, 0) is 60.7 Å². The van der Waals surface area contributed by atoms with Crippen molar-refractivity contribution in [2.75, 3.05) is 0 Å². The molecule has 4 rings (SSSR count). The number of fused-ring (bicyclic) bond motifs is 2. The average Bonchev–Trinajstić information content (AvgIpc) is 3.04. The second-order valence-corrected chi connectivity index (χ2v) is 6.15. The van der Waals surface area contributed by atoms with E-state index in [2.05, 4.69) is 0 Å². The zero-order chi connectivity index (χ0) is 17.4.